The molecule has 0 aliphatic carbocycles. The molecule has 0 atom stereocenters. The Bertz CT molecular complexity index is 1210. The number of hydrazone groups is 1. The van der Waals surface area contributed by atoms with Gasteiger partial charge in [0.15, 0.2) is 11.5 Å². The fourth-order valence-corrected chi connectivity index (χ4v) is 2.78. The molecule has 0 saturated heterocycles. The van der Waals surface area contributed by atoms with Gasteiger partial charge in [-0.25, -0.2) is 10.2 Å². The first-order valence-electron chi connectivity index (χ1n) is 9.29. The summed E-state index contributed by atoms with van der Waals surface area (Å²) in [5.41, 5.74) is 3.44. The molecule has 0 bridgehead atoms. The first-order chi connectivity index (χ1) is 15.5. The number of hydrogen-bond donors (Lipinski definition) is 1. The van der Waals surface area contributed by atoms with E-state index in [0.29, 0.717) is 28.4 Å². The number of nitro groups is 1. The maximum atomic E-state index is 12.3. The number of nitrogens with zero attached hydrogens (tertiary/aromatic N) is 2. The van der Waals surface area contributed by atoms with Crippen molar-refractivity contribution in [2.45, 2.75) is 0 Å². The van der Waals surface area contributed by atoms with Crippen LogP contribution in [-0.4, -0.2) is 29.8 Å². The fraction of sp³-hybridized carbons (Fsp3) is 0.0455. The highest BCUT2D eigenvalue weighted by molar-refractivity contribution is 5.95. The minimum absolute atomic E-state index is 0.107. The van der Waals surface area contributed by atoms with Crippen LogP contribution in [0, 0.1) is 10.1 Å². The van der Waals surface area contributed by atoms with Crippen LogP contribution >= 0.6 is 0 Å². The molecule has 1 N–H and O–H groups in total. The van der Waals surface area contributed by atoms with Crippen LogP contribution in [0.1, 0.15) is 26.3 Å². The summed E-state index contributed by atoms with van der Waals surface area (Å²) in [7, 11) is 0. The predicted molar refractivity (Wildman–Crippen MR) is 112 cm³/mol. The molecule has 0 unspecified atom stereocenters. The summed E-state index contributed by atoms with van der Waals surface area (Å²) < 4.78 is 15.8. The quantitative estimate of drug-likeness (QED) is 0.208. The molecule has 160 valence electrons. The van der Waals surface area contributed by atoms with Gasteiger partial charge in [-0.15, -0.1) is 0 Å². The second kappa shape index (κ2) is 8.96. The van der Waals surface area contributed by atoms with Crippen molar-refractivity contribution in [2.24, 2.45) is 5.10 Å². The highest BCUT2D eigenvalue weighted by Gasteiger charge is 2.17. The van der Waals surface area contributed by atoms with Crippen molar-refractivity contribution in [3.63, 3.8) is 0 Å². The van der Waals surface area contributed by atoms with E-state index in [1.54, 1.807) is 42.5 Å². The van der Waals surface area contributed by atoms with Crippen molar-refractivity contribution in [2.75, 3.05) is 6.79 Å². The maximum Gasteiger partial charge on any atom is 0.343 e. The Labute approximate surface area is 181 Å². The normalized spacial score (nSPS) is 11.9. The Morgan fingerprint density at radius 2 is 1.66 bits per heavy atom. The first kappa shape index (κ1) is 20.5. The highest BCUT2D eigenvalue weighted by atomic mass is 16.7. The number of benzene rings is 3. The minimum Gasteiger partial charge on any atom is -0.454 e. The molecule has 0 fully saturated rings. The average Bonchev–Trinajstić information content (AvgIpc) is 3.28. The number of carbonyl (C=O) groups is 2. The van der Waals surface area contributed by atoms with Gasteiger partial charge in [-0.3, -0.25) is 14.9 Å². The van der Waals surface area contributed by atoms with Gasteiger partial charge < -0.3 is 14.2 Å². The van der Waals surface area contributed by atoms with Crippen molar-refractivity contribution in [3.8, 4) is 17.2 Å². The monoisotopic (exact) mass is 433 g/mol. The van der Waals surface area contributed by atoms with E-state index in [9.17, 15) is 19.7 Å². The van der Waals surface area contributed by atoms with Crippen molar-refractivity contribution >= 4 is 23.8 Å². The van der Waals surface area contributed by atoms with Gasteiger partial charge in [-0.2, -0.15) is 5.10 Å². The third kappa shape index (κ3) is 4.70. The number of nitrogens with one attached hydrogen (secondary N) is 1. The van der Waals surface area contributed by atoms with Crippen LogP contribution in [-0.2, 0) is 0 Å². The largest absolute Gasteiger partial charge is 0.454 e. The van der Waals surface area contributed by atoms with Gasteiger partial charge in [0.25, 0.3) is 11.6 Å². The van der Waals surface area contributed by atoms with Gasteiger partial charge in [-0.05, 0) is 60.2 Å². The number of esters is 1. The van der Waals surface area contributed by atoms with Crippen molar-refractivity contribution in [3.05, 3.63) is 93.5 Å². The number of rotatable bonds is 6. The van der Waals surface area contributed by atoms with Gasteiger partial charge in [0.2, 0.25) is 6.79 Å². The van der Waals surface area contributed by atoms with Gasteiger partial charge >= 0.3 is 5.97 Å². The maximum absolute atomic E-state index is 12.3. The zero-order valence-electron chi connectivity index (χ0n) is 16.4. The second-order valence-corrected chi connectivity index (χ2v) is 6.53. The molecule has 3 aromatic carbocycles. The Balaban J connectivity index is 1.32. The van der Waals surface area contributed by atoms with E-state index in [2.05, 4.69) is 10.5 Å². The molecule has 0 saturated carbocycles. The summed E-state index contributed by atoms with van der Waals surface area (Å²) in [5.74, 6) is 0.345. The second-order valence-electron chi connectivity index (χ2n) is 6.53. The number of ether oxygens (including phenoxy) is 3. The average molecular weight is 433 g/mol. The highest BCUT2D eigenvalue weighted by Crippen LogP contribution is 2.32. The van der Waals surface area contributed by atoms with E-state index < -0.39 is 16.8 Å². The van der Waals surface area contributed by atoms with E-state index >= 15 is 0 Å². The predicted octanol–water partition coefficient (Wildman–Crippen LogP) is 3.31. The lowest BCUT2D eigenvalue weighted by atomic mass is 10.2. The van der Waals surface area contributed by atoms with Crippen LogP contribution in [0.15, 0.2) is 71.8 Å². The molecule has 10 nitrogen and oxygen atoms in total. The minimum atomic E-state index is -0.546. The zero-order chi connectivity index (χ0) is 22.5. The van der Waals surface area contributed by atoms with Crippen LogP contribution < -0.4 is 19.6 Å². The van der Waals surface area contributed by atoms with Crippen LogP contribution in [0.25, 0.3) is 0 Å². The number of nitro benzene ring substituents is 1. The van der Waals surface area contributed by atoms with Crippen LogP contribution in [0.2, 0.25) is 0 Å². The summed E-state index contributed by atoms with van der Waals surface area (Å²) in [5, 5.41) is 14.5. The van der Waals surface area contributed by atoms with E-state index in [0.717, 1.165) is 0 Å². The van der Waals surface area contributed by atoms with Gasteiger partial charge in [-0.1, -0.05) is 0 Å². The molecular formula is C22H15N3O7. The molecule has 1 amide bonds. The summed E-state index contributed by atoms with van der Waals surface area (Å²) in [4.78, 5) is 34.4. The lowest BCUT2D eigenvalue weighted by Gasteiger charge is -2.05. The summed E-state index contributed by atoms with van der Waals surface area (Å²) in [6, 6.07) is 16.4. The third-order valence-electron chi connectivity index (χ3n) is 4.42. The number of fused-ring (bicyclic) bond motifs is 1. The smallest absolute Gasteiger partial charge is 0.343 e. The molecule has 3 aromatic rings. The summed E-state index contributed by atoms with van der Waals surface area (Å²) >= 11 is 0. The van der Waals surface area contributed by atoms with Gasteiger partial charge in [0.05, 0.1) is 16.7 Å². The number of amides is 1. The number of non-ortho nitro benzene ring substituents is 1. The SMILES string of the molecule is O=C(N/N=C/c1ccc(OC(=O)c2ccc3c(c2)OCO3)cc1)c1ccc([N+](=O)[O-])cc1. The Hall–Kier alpha value is -4.73. The number of carbonyl (C=O) groups excluding carboxylic acids is 2. The molecule has 1 heterocycles. The molecule has 10 heteroatoms. The third-order valence-corrected chi connectivity index (χ3v) is 4.42. The topological polar surface area (TPSA) is 129 Å². The lowest BCUT2D eigenvalue weighted by Crippen LogP contribution is -2.17. The molecule has 1 aliphatic heterocycles. The molecule has 4 rings (SSSR count). The molecule has 0 spiro atoms. The van der Waals surface area contributed by atoms with E-state index in [1.807, 2.05) is 0 Å². The van der Waals surface area contributed by atoms with Crippen molar-refractivity contribution < 1.29 is 28.7 Å². The van der Waals surface area contributed by atoms with E-state index in [-0.39, 0.29) is 18.0 Å². The fourth-order valence-electron chi connectivity index (χ4n) is 2.78. The van der Waals surface area contributed by atoms with E-state index in [4.69, 9.17) is 14.2 Å². The molecule has 0 aromatic heterocycles. The van der Waals surface area contributed by atoms with Crippen LogP contribution in [0.3, 0.4) is 0 Å². The van der Waals surface area contributed by atoms with Gasteiger partial charge in [0, 0.05) is 17.7 Å². The molecule has 32 heavy (non-hydrogen) atoms. The summed E-state index contributed by atoms with van der Waals surface area (Å²) in [6.07, 6.45) is 1.41. The Kier molecular flexibility index (Phi) is 5.75. The first-order valence-corrected chi connectivity index (χ1v) is 9.29. The van der Waals surface area contributed by atoms with Crippen molar-refractivity contribution in [1.82, 2.24) is 5.43 Å². The standard InChI is InChI=1S/C22H15N3O7/c26-21(15-3-6-17(7-4-15)25(28)29)24-23-12-14-1-8-18(9-2-14)32-22(27)16-5-10-19-20(11-16)31-13-30-19/h1-12H,13H2,(H,24,26)/b23-12+. The Morgan fingerprint density at radius 1 is 0.969 bits per heavy atom. The van der Waals surface area contributed by atoms with E-state index in [1.165, 1.54) is 30.5 Å². The molecule has 1 aliphatic rings. The van der Waals surface area contributed by atoms with Gasteiger partial charge in [0.1, 0.15) is 5.75 Å². The Morgan fingerprint density at radius 3 is 2.38 bits per heavy atom. The molecule has 0 radical (unpaired) electrons. The lowest BCUT2D eigenvalue weighted by molar-refractivity contribution is -0.384. The summed E-state index contributed by atoms with van der Waals surface area (Å²) in [6.45, 7) is 0.116. The van der Waals surface area contributed by atoms with Crippen LogP contribution in [0.5, 0.6) is 17.2 Å². The number of hydrogen-bond acceptors (Lipinski definition) is 8. The molecular weight excluding hydrogens is 418 g/mol. The van der Waals surface area contributed by atoms with Crippen LogP contribution in [0.4, 0.5) is 5.69 Å². The van der Waals surface area contributed by atoms with Crippen molar-refractivity contribution in [1.29, 1.82) is 0 Å². The zero-order valence-corrected chi connectivity index (χ0v) is 16.4.